The van der Waals surface area contributed by atoms with Gasteiger partial charge in [-0.2, -0.15) is 0 Å². The molecule has 5 nitrogen and oxygen atoms in total. The van der Waals surface area contributed by atoms with Crippen molar-refractivity contribution in [3.63, 3.8) is 0 Å². The van der Waals surface area contributed by atoms with Gasteiger partial charge >= 0.3 is 0 Å². The molecule has 19 heavy (non-hydrogen) atoms. The Morgan fingerprint density at radius 1 is 1.05 bits per heavy atom. The first-order chi connectivity index (χ1) is 9.04. The van der Waals surface area contributed by atoms with Gasteiger partial charge in [-0.3, -0.25) is 10.8 Å². The van der Waals surface area contributed by atoms with Crippen LogP contribution in [0.25, 0.3) is 0 Å². The molecule has 0 amide bonds. The van der Waals surface area contributed by atoms with Gasteiger partial charge in [-0.15, -0.1) is 0 Å². The Bertz CT molecular complexity index is 511. The second-order valence-electron chi connectivity index (χ2n) is 3.91. The van der Waals surface area contributed by atoms with Crippen molar-refractivity contribution < 1.29 is 10.2 Å². The van der Waals surface area contributed by atoms with Gasteiger partial charge in [-0.1, -0.05) is 18.2 Å². The molecule has 0 radical (unpaired) electrons. The zero-order valence-corrected chi connectivity index (χ0v) is 10.4. The lowest BCUT2D eigenvalue weighted by Gasteiger charge is -2.01. The highest BCUT2D eigenvalue weighted by molar-refractivity contribution is 6.48. The second kappa shape index (κ2) is 7.13. The summed E-state index contributed by atoms with van der Waals surface area (Å²) in [7, 11) is 0. The first-order valence-corrected chi connectivity index (χ1v) is 5.75. The van der Waals surface area contributed by atoms with Crippen molar-refractivity contribution in [2.45, 2.75) is 6.42 Å². The molecule has 0 saturated carbocycles. The Balaban J connectivity index is 0.000000200. The number of hydrogen-bond acceptors (Lipinski definition) is 5. The zero-order valence-electron chi connectivity index (χ0n) is 10.4. The van der Waals surface area contributed by atoms with E-state index in [0.717, 1.165) is 5.56 Å². The van der Waals surface area contributed by atoms with Crippen LogP contribution in [-0.2, 0) is 6.42 Å². The first kappa shape index (κ1) is 14.7. The van der Waals surface area contributed by atoms with E-state index in [0.29, 0.717) is 12.1 Å². The lowest BCUT2D eigenvalue weighted by molar-refractivity contribution is 0.299. The molecular formula is C14H17N3O2. The van der Waals surface area contributed by atoms with E-state index in [1.54, 1.807) is 36.4 Å². The summed E-state index contributed by atoms with van der Waals surface area (Å²) in [6, 6.07) is 4.92. The van der Waals surface area contributed by atoms with Crippen LogP contribution in [-0.4, -0.2) is 28.2 Å². The van der Waals surface area contributed by atoms with E-state index in [9.17, 15) is 0 Å². The van der Waals surface area contributed by atoms with E-state index in [1.807, 2.05) is 0 Å². The summed E-state index contributed by atoms with van der Waals surface area (Å²) in [5.41, 5.74) is 7.28. The first-order valence-electron chi connectivity index (χ1n) is 5.75. The molecule has 6 N–H and O–H groups in total. The second-order valence-corrected chi connectivity index (χ2v) is 3.91. The number of aliphatic hydroxyl groups is 1. The molecule has 0 heterocycles. The summed E-state index contributed by atoms with van der Waals surface area (Å²) in [5, 5.41) is 31.7. The third kappa shape index (κ3) is 4.77. The Hall–Kier alpha value is -2.40. The fourth-order valence-electron chi connectivity index (χ4n) is 1.37. The summed E-state index contributed by atoms with van der Waals surface area (Å²) in [6.45, 7) is 0.101. The van der Waals surface area contributed by atoms with Crippen LogP contribution < -0.4 is 5.73 Å². The Morgan fingerprint density at radius 2 is 1.63 bits per heavy atom. The van der Waals surface area contributed by atoms with Gasteiger partial charge in [-0.05, 0) is 36.3 Å². The molecule has 1 aliphatic carbocycles. The van der Waals surface area contributed by atoms with E-state index in [1.165, 1.54) is 6.07 Å². The van der Waals surface area contributed by atoms with Crippen LogP contribution in [0.15, 0.2) is 42.5 Å². The normalized spacial score (nSPS) is 13.1. The minimum atomic E-state index is 0.0895. The van der Waals surface area contributed by atoms with E-state index in [4.69, 9.17) is 26.8 Å². The SMILES string of the molecule is N=C1C=CC=CC1=N.Nc1cc(CCO)ccc1O. The summed E-state index contributed by atoms with van der Waals surface area (Å²) in [4.78, 5) is 0. The number of allylic oxidation sites excluding steroid dienone is 4. The average Bonchev–Trinajstić information content (AvgIpc) is 2.39. The molecule has 0 spiro atoms. The number of aliphatic hydroxyl groups excluding tert-OH is 1. The monoisotopic (exact) mass is 259 g/mol. The molecule has 0 bridgehead atoms. The number of hydrogen-bond donors (Lipinski definition) is 5. The third-order valence-corrected chi connectivity index (χ3v) is 2.42. The number of nitrogens with two attached hydrogens (primary N) is 1. The molecule has 1 aromatic carbocycles. The fraction of sp³-hybridized carbons (Fsp3) is 0.143. The van der Waals surface area contributed by atoms with Gasteiger partial charge in [0.1, 0.15) is 5.75 Å². The Kier molecular flexibility index (Phi) is 5.50. The largest absolute Gasteiger partial charge is 0.506 e. The topological polar surface area (TPSA) is 114 Å². The maximum Gasteiger partial charge on any atom is 0.138 e. The maximum atomic E-state index is 9.02. The molecule has 0 unspecified atom stereocenters. The van der Waals surface area contributed by atoms with Gasteiger partial charge in [0.25, 0.3) is 0 Å². The number of aromatic hydroxyl groups is 1. The number of nitrogens with one attached hydrogen (secondary N) is 2. The van der Waals surface area contributed by atoms with Crippen LogP contribution >= 0.6 is 0 Å². The number of anilines is 1. The van der Waals surface area contributed by atoms with Gasteiger partial charge in [0, 0.05) is 6.61 Å². The van der Waals surface area contributed by atoms with Gasteiger partial charge in [0.15, 0.2) is 0 Å². The minimum absolute atomic E-state index is 0.0895. The molecule has 0 aromatic heterocycles. The maximum absolute atomic E-state index is 9.02. The number of benzene rings is 1. The molecule has 1 aliphatic rings. The number of rotatable bonds is 2. The summed E-state index contributed by atoms with van der Waals surface area (Å²) in [5.74, 6) is 0.0895. The molecule has 5 heteroatoms. The predicted molar refractivity (Wildman–Crippen MR) is 77.0 cm³/mol. The minimum Gasteiger partial charge on any atom is -0.506 e. The van der Waals surface area contributed by atoms with Crippen molar-refractivity contribution in [1.82, 2.24) is 0 Å². The van der Waals surface area contributed by atoms with Crippen molar-refractivity contribution in [3.8, 4) is 5.75 Å². The van der Waals surface area contributed by atoms with Crippen molar-refractivity contribution in [2.24, 2.45) is 0 Å². The summed E-state index contributed by atoms with van der Waals surface area (Å²) in [6.07, 6.45) is 7.27. The van der Waals surface area contributed by atoms with Crippen LogP contribution in [0.5, 0.6) is 5.75 Å². The summed E-state index contributed by atoms with van der Waals surface area (Å²) >= 11 is 0. The van der Waals surface area contributed by atoms with Crippen molar-refractivity contribution in [3.05, 3.63) is 48.1 Å². The summed E-state index contributed by atoms with van der Waals surface area (Å²) < 4.78 is 0. The van der Waals surface area contributed by atoms with Gasteiger partial charge in [-0.25, -0.2) is 0 Å². The smallest absolute Gasteiger partial charge is 0.138 e. The third-order valence-electron chi connectivity index (χ3n) is 2.42. The van der Waals surface area contributed by atoms with Crippen LogP contribution in [0.1, 0.15) is 5.56 Å². The molecule has 0 atom stereocenters. The van der Waals surface area contributed by atoms with E-state index in [2.05, 4.69) is 0 Å². The highest BCUT2D eigenvalue weighted by Gasteiger charge is 1.97. The molecular weight excluding hydrogens is 242 g/mol. The van der Waals surface area contributed by atoms with Crippen LogP contribution in [0.4, 0.5) is 5.69 Å². The Morgan fingerprint density at radius 3 is 2.05 bits per heavy atom. The fourth-order valence-corrected chi connectivity index (χ4v) is 1.37. The van der Waals surface area contributed by atoms with Crippen molar-refractivity contribution >= 4 is 17.1 Å². The van der Waals surface area contributed by atoms with Crippen molar-refractivity contribution in [2.75, 3.05) is 12.3 Å². The van der Waals surface area contributed by atoms with Crippen LogP contribution in [0, 0.1) is 10.8 Å². The van der Waals surface area contributed by atoms with E-state index < -0.39 is 0 Å². The number of nitrogen functional groups attached to an aromatic ring is 1. The molecule has 0 saturated heterocycles. The van der Waals surface area contributed by atoms with Crippen LogP contribution in [0.3, 0.4) is 0 Å². The quantitative estimate of drug-likeness (QED) is 0.316. The molecule has 2 rings (SSSR count). The molecule has 0 fully saturated rings. The number of phenols is 1. The van der Waals surface area contributed by atoms with Gasteiger partial charge < -0.3 is 15.9 Å². The van der Waals surface area contributed by atoms with Gasteiger partial charge in [0.2, 0.25) is 0 Å². The molecule has 1 aromatic rings. The highest BCUT2D eigenvalue weighted by atomic mass is 16.3. The lowest BCUT2D eigenvalue weighted by Crippen LogP contribution is -2.06. The molecule has 100 valence electrons. The Labute approximate surface area is 111 Å². The highest BCUT2D eigenvalue weighted by Crippen LogP contribution is 2.20. The molecule has 0 aliphatic heterocycles. The number of phenolic OH excluding ortho intramolecular Hbond substituents is 1. The van der Waals surface area contributed by atoms with E-state index >= 15 is 0 Å². The lowest BCUT2D eigenvalue weighted by atomic mass is 10.1. The standard InChI is InChI=1S/C8H11NO2.C6H6N2/c9-7-5-6(3-4-10)1-2-8(7)11;7-5-3-1-2-4-6(5)8/h1-2,5,10-11H,3-4,9H2;1-4,7-8H. The van der Waals surface area contributed by atoms with Crippen LogP contribution in [0.2, 0.25) is 0 Å². The average molecular weight is 259 g/mol. The van der Waals surface area contributed by atoms with Gasteiger partial charge in [0.05, 0.1) is 17.1 Å². The van der Waals surface area contributed by atoms with Crippen molar-refractivity contribution in [1.29, 1.82) is 10.8 Å². The zero-order chi connectivity index (χ0) is 14.3. The van der Waals surface area contributed by atoms with E-state index in [-0.39, 0.29) is 23.8 Å². The predicted octanol–water partition coefficient (Wildman–Crippen LogP) is 1.66.